The molecule has 0 saturated heterocycles. The fourth-order valence-corrected chi connectivity index (χ4v) is 2.42. The van der Waals surface area contributed by atoms with E-state index in [0.717, 1.165) is 16.5 Å². The van der Waals surface area contributed by atoms with E-state index in [1.165, 1.54) is 0 Å². The number of nitrogens with zero attached hydrogens (tertiary/aromatic N) is 1. The highest BCUT2D eigenvalue weighted by Crippen LogP contribution is 2.35. The summed E-state index contributed by atoms with van der Waals surface area (Å²) < 4.78 is 0. The van der Waals surface area contributed by atoms with Crippen molar-refractivity contribution < 1.29 is 4.79 Å². The van der Waals surface area contributed by atoms with Gasteiger partial charge in [0.05, 0.1) is 11.2 Å². The van der Waals surface area contributed by atoms with Gasteiger partial charge in [0.15, 0.2) is 5.69 Å². The fraction of sp³-hybridized carbons (Fsp3) is 0.0667. The molecule has 1 aromatic heterocycles. The number of fused-ring (bicyclic) bond motifs is 1. The molecular formula is C15H13N3O. The zero-order chi connectivity index (χ0) is 13.4. The quantitative estimate of drug-likeness (QED) is 0.857. The lowest BCUT2D eigenvalue weighted by Gasteiger charge is -2.15. The first kappa shape index (κ1) is 11.5. The van der Waals surface area contributed by atoms with Crippen LogP contribution in [0, 0.1) is 0 Å². The predicted molar refractivity (Wildman–Crippen MR) is 75.7 cm³/mol. The van der Waals surface area contributed by atoms with E-state index in [1.807, 2.05) is 48.6 Å². The maximum absolute atomic E-state index is 11.5. The second-order valence-electron chi connectivity index (χ2n) is 4.46. The number of carbonyl (C=O) groups is 1. The molecule has 0 fully saturated rings. The first-order valence-electron chi connectivity index (χ1n) is 6.01. The summed E-state index contributed by atoms with van der Waals surface area (Å²) in [6, 6.07) is 7.62. The van der Waals surface area contributed by atoms with Crippen LogP contribution >= 0.6 is 0 Å². The second-order valence-corrected chi connectivity index (χ2v) is 4.46. The van der Waals surface area contributed by atoms with Crippen molar-refractivity contribution in [2.24, 2.45) is 5.73 Å². The molecule has 2 aromatic rings. The molecule has 1 heterocycles. The van der Waals surface area contributed by atoms with E-state index < -0.39 is 5.91 Å². The first-order valence-corrected chi connectivity index (χ1v) is 6.01. The summed E-state index contributed by atoms with van der Waals surface area (Å²) in [4.78, 5) is 15.7. The number of hydrogen-bond donors (Lipinski definition) is 2. The summed E-state index contributed by atoms with van der Waals surface area (Å²) in [7, 11) is 0. The lowest BCUT2D eigenvalue weighted by molar-refractivity contribution is 0.0997. The molecule has 19 heavy (non-hydrogen) atoms. The lowest BCUT2D eigenvalue weighted by Crippen LogP contribution is -2.17. The molecule has 3 rings (SSSR count). The smallest absolute Gasteiger partial charge is 0.269 e. The molecule has 4 heteroatoms. The minimum atomic E-state index is -0.601. The van der Waals surface area contributed by atoms with E-state index in [-0.39, 0.29) is 11.6 Å². The zero-order valence-corrected chi connectivity index (χ0v) is 10.2. The van der Waals surface area contributed by atoms with Gasteiger partial charge in [0.1, 0.15) is 0 Å². The van der Waals surface area contributed by atoms with E-state index in [2.05, 4.69) is 4.98 Å². The van der Waals surface area contributed by atoms with Gasteiger partial charge in [-0.2, -0.15) is 0 Å². The van der Waals surface area contributed by atoms with Crippen LogP contribution in [-0.2, 0) is 0 Å². The highest BCUT2D eigenvalue weighted by Gasteiger charge is 2.20. The first-order chi connectivity index (χ1) is 9.18. The molecule has 0 spiro atoms. The number of para-hydroxylation sites is 1. The number of nitrogen functional groups attached to an aromatic ring is 1. The van der Waals surface area contributed by atoms with Gasteiger partial charge in [-0.3, -0.25) is 4.79 Å². The average molecular weight is 251 g/mol. The van der Waals surface area contributed by atoms with Crippen molar-refractivity contribution in [3.63, 3.8) is 0 Å². The molecule has 0 aliphatic heterocycles. The molecule has 0 unspecified atom stereocenters. The molecule has 0 radical (unpaired) electrons. The number of rotatable bonds is 2. The van der Waals surface area contributed by atoms with Gasteiger partial charge >= 0.3 is 0 Å². The van der Waals surface area contributed by atoms with Gasteiger partial charge in [-0.1, -0.05) is 42.5 Å². The highest BCUT2D eigenvalue weighted by atomic mass is 16.1. The number of aromatic nitrogens is 1. The number of carbonyl (C=O) groups excluding carboxylic acids is 1. The van der Waals surface area contributed by atoms with E-state index in [1.54, 1.807) is 0 Å². The number of amides is 1. The van der Waals surface area contributed by atoms with Crippen molar-refractivity contribution in [1.29, 1.82) is 0 Å². The Morgan fingerprint density at radius 1 is 1.16 bits per heavy atom. The molecule has 0 saturated carbocycles. The molecule has 94 valence electrons. The lowest BCUT2D eigenvalue weighted by atomic mass is 9.94. The summed E-state index contributed by atoms with van der Waals surface area (Å²) in [6.45, 7) is 0. The number of primary amides is 1. The maximum Gasteiger partial charge on any atom is 0.269 e. The molecule has 1 amide bonds. The molecule has 4 nitrogen and oxygen atoms in total. The minimum Gasteiger partial charge on any atom is -0.397 e. The van der Waals surface area contributed by atoms with Crippen molar-refractivity contribution in [3.05, 3.63) is 59.8 Å². The summed E-state index contributed by atoms with van der Waals surface area (Å²) in [5, 5.41) is 0.950. The van der Waals surface area contributed by atoms with Crippen LogP contribution in [0.25, 0.3) is 10.9 Å². The van der Waals surface area contributed by atoms with Gasteiger partial charge in [-0.05, 0) is 11.6 Å². The van der Waals surface area contributed by atoms with Crippen molar-refractivity contribution in [3.8, 4) is 0 Å². The Kier molecular flexibility index (Phi) is 2.56. The van der Waals surface area contributed by atoms with Crippen LogP contribution in [0.5, 0.6) is 0 Å². The van der Waals surface area contributed by atoms with Crippen molar-refractivity contribution in [2.45, 2.75) is 5.92 Å². The Bertz CT molecular complexity index is 719. The van der Waals surface area contributed by atoms with Crippen molar-refractivity contribution >= 4 is 22.5 Å². The van der Waals surface area contributed by atoms with E-state index >= 15 is 0 Å². The van der Waals surface area contributed by atoms with Crippen LogP contribution in [0.15, 0.2) is 48.6 Å². The number of anilines is 1. The summed E-state index contributed by atoms with van der Waals surface area (Å²) >= 11 is 0. The number of benzene rings is 1. The van der Waals surface area contributed by atoms with Crippen molar-refractivity contribution in [2.75, 3.05) is 5.73 Å². The Morgan fingerprint density at radius 3 is 2.53 bits per heavy atom. The van der Waals surface area contributed by atoms with E-state index in [9.17, 15) is 4.79 Å². The summed E-state index contributed by atoms with van der Waals surface area (Å²) in [5.74, 6) is -0.540. The standard InChI is InChI=1S/C15H13N3O/c16-13-12(9-5-1-2-6-9)10-7-3-4-8-11(10)18-14(13)15(17)19/h1-9H,16H2,(H2,17,19). The van der Waals surface area contributed by atoms with Gasteiger partial charge < -0.3 is 11.5 Å². The number of nitrogens with two attached hydrogens (primary N) is 2. The Balaban J connectivity index is 2.38. The van der Waals surface area contributed by atoms with Crippen LogP contribution < -0.4 is 11.5 Å². The maximum atomic E-state index is 11.5. The van der Waals surface area contributed by atoms with Crippen LogP contribution in [0.2, 0.25) is 0 Å². The summed E-state index contributed by atoms with van der Waals surface area (Å²) in [6.07, 6.45) is 7.98. The molecule has 1 aromatic carbocycles. The van der Waals surface area contributed by atoms with Crippen LogP contribution in [0.4, 0.5) is 5.69 Å². The third-order valence-corrected chi connectivity index (χ3v) is 3.29. The molecule has 4 N–H and O–H groups in total. The second kappa shape index (κ2) is 4.24. The van der Waals surface area contributed by atoms with Crippen LogP contribution in [-0.4, -0.2) is 10.9 Å². The third kappa shape index (κ3) is 1.78. The van der Waals surface area contributed by atoms with E-state index in [0.29, 0.717) is 5.69 Å². The monoisotopic (exact) mass is 251 g/mol. The normalized spacial score (nSPS) is 14.3. The Morgan fingerprint density at radius 2 is 1.84 bits per heavy atom. The van der Waals surface area contributed by atoms with Crippen LogP contribution in [0.1, 0.15) is 22.0 Å². The fourth-order valence-electron chi connectivity index (χ4n) is 2.42. The Labute approximate surface area is 110 Å². The van der Waals surface area contributed by atoms with Gasteiger partial charge in [0.2, 0.25) is 0 Å². The van der Waals surface area contributed by atoms with Gasteiger partial charge in [0.25, 0.3) is 5.91 Å². The third-order valence-electron chi connectivity index (χ3n) is 3.29. The molecular weight excluding hydrogens is 238 g/mol. The van der Waals surface area contributed by atoms with Gasteiger partial charge in [0, 0.05) is 11.3 Å². The van der Waals surface area contributed by atoms with Crippen LogP contribution in [0.3, 0.4) is 0 Å². The molecule has 1 aliphatic carbocycles. The number of hydrogen-bond acceptors (Lipinski definition) is 3. The van der Waals surface area contributed by atoms with Crippen molar-refractivity contribution in [1.82, 2.24) is 4.98 Å². The topological polar surface area (TPSA) is 82.0 Å². The minimum absolute atomic E-state index is 0.0611. The molecule has 0 bridgehead atoms. The SMILES string of the molecule is NC(=O)c1nc2ccccc2c(C2C=CC=C2)c1N. The largest absolute Gasteiger partial charge is 0.397 e. The highest BCUT2D eigenvalue weighted by molar-refractivity contribution is 6.01. The summed E-state index contributed by atoms with van der Waals surface area (Å²) in [5.41, 5.74) is 13.6. The zero-order valence-electron chi connectivity index (χ0n) is 10.2. The van der Waals surface area contributed by atoms with E-state index in [4.69, 9.17) is 11.5 Å². The number of allylic oxidation sites excluding steroid dienone is 4. The Hall–Kier alpha value is -2.62. The predicted octanol–water partition coefficient (Wildman–Crippen LogP) is 2.13. The molecule has 1 aliphatic rings. The average Bonchev–Trinajstić information content (AvgIpc) is 2.91. The van der Waals surface area contributed by atoms with Gasteiger partial charge in [-0.15, -0.1) is 0 Å². The number of pyridine rings is 1. The molecule has 0 atom stereocenters. The van der Waals surface area contributed by atoms with Gasteiger partial charge in [-0.25, -0.2) is 4.98 Å².